The summed E-state index contributed by atoms with van der Waals surface area (Å²) in [6.45, 7) is 1.22. The largest absolute Gasteiger partial charge is 0.324 e. The quantitative estimate of drug-likeness (QED) is 0.658. The first kappa shape index (κ1) is 20.5. The maximum Gasteiger partial charge on any atom is 0.264 e. The number of nitrogens with zero attached hydrogens (tertiary/aromatic N) is 1. The highest BCUT2D eigenvalue weighted by Crippen LogP contribution is 2.24. The third-order valence-electron chi connectivity index (χ3n) is 4.11. The van der Waals surface area contributed by atoms with Gasteiger partial charge < -0.3 is 5.32 Å². The predicted octanol–water partition coefficient (Wildman–Crippen LogP) is 4.11. The van der Waals surface area contributed by atoms with Crippen molar-refractivity contribution in [3.8, 4) is 0 Å². The van der Waals surface area contributed by atoms with E-state index in [0.29, 0.717) is 5.69 Å². The second kappa shape index (κ2) is 8.40. The lowest BCUT2D eigenvalue weighted by Crippen LogP contribution is -2.38. The number of carbonyl (C=O) groups is 1. The Morgan fingerprint density at radius 3 is 2.31 bits per heavy atom. The summed E-state index contributed by atoms with van der Waals surface area (Å²) in [5.41, 5.74) is 1.08. The van der Waals surface area contributed by atoms with Gasteiger partial charge in [-0.2, -0.15) is 0 Å². The molecule has 0 spiro atoms. The second-order valence-corrected chi connectivity index (χ2v) is 8.20. The molecule has 0 unspecified atom stereocenters. The minimum Gasteiger partial charge on any atom is -0.324 e. The Kier molecular flexibility index (Phi) is 5.93. The van der Waals surface area contributed by atoms with Crippen molar-refractivity contribution in [2.75, 3.05) is 16.2 Å². The molecule has 0 fully saturated rings. The zero-order chi connectivity index (χ0) is 21.0. The van der Waals surface area contributed by atoms with E-state index in [-0.39, 0.29) is 10.6 Å². The molecule has 0 aliphatic rings. The van der Waals surface area contributed by atoms with E-state index >= 15 is 0 Å². The summed E-state index contributed by atoms with van der Waals surface area (Å²) < 4.78 is 53.8. The fraction of sp³-hybridized carbons (Fsp3) is 0.0952. The van der Waals surface area contributed by atoms with Crippen LogP contribution in [0.1, 0.15) is 5.56 Å². The molecule has 3 aromatic rings. The number of benzene rings is 3. The van der Waals surface area contributed by atoms with Gasteiger partial charge in [-0.25, -0.2) is 17.2 Å². The van der Waals surface area contributed by atoms with Crippen LogP contribution in [0.3, 0.4) is 0 Å². The summed E-state index contributed by atoms with van der Waals surface area (Å²) in [5.74, 6) is -2.86. The predicted molar refractivity (Wildman–Crippen MR) is 107 cm³/mol. The number of sulfonamides is 1. The molecule has 3 rings (SSSR count). The van der Waals surface area contributed by atoms with Crippen LogP contribution in [-0.2, 0) is 14.8 Å². The van der Waals surface area contributed by atoms with Crippen LogP contribution in [0.25, 0.3) is 0 Å². The molecule has 0 saturated carbocycles. The van der Waals surface area contributed by atoms with E-state index in [9.17, 15) is 22.0 Å². The van der Waals surface area contributed by atoms with Gasteiger partial charge in [0, 0.05) is 11.8 Å². The standard InChI is InChI=1S/C21H18F2N2O3S/c1-15-6-5-9-18(12-15)29(27,28)25(17-7-3-2-4-8-17)14-21(26)24-16-10-11-19(22)20(23)13-16/h2-13H,14H2,1H3,(H,24,26). The van der Waals surface area contributed by atoms with Gasteiger partial charge in [-0.05, 0) is 48.9 Å². The monoisotopic (exact) mass is 416 g/mol. The highest BCUT2D eigenvalue weighted by Gasteiger charge is 2.27. The molecule has 1 N–H and O–H groups in total. The van der Waals surface area contributed by atoms with E-state index in [1.165, 1.54) is 18.2 Å². The van der Waals surface area contributed by atoms with Crippen LogP contribution in [0.2, 0.25) is 0 Å². The van der Waals surface area contributed by atoms with E-state index in [4.69, 9.17) is 0 Å². The second-order valence-electron chi connectivity index (χ2n) is 6.34. The highest BCUT2D eigenvalue weighted by atomic mass is 32.2. The van der Waals surface area contributed by atoms with Crippen molar-refractivity contribution in [3.63, 3.8) is 0 Å². The maximum atomic E-state index is 13.4. The van der Waals surface area contributed by atoms with Crippen LogP contribution >= 0.6 is 0 Å². The minimum absolute atomic E-state index is 0.0230. The van der Waals surface area contributed by atoms with Gasteiger partial charge in [0.05, 0.1) is 10.6 Å². The van der Waals surface area contributed by atoms with E-state index in [0.717, 1.165) is 22.0 Å². The van der Waals surface area contributed by atoms with Gasteiger partial charge in [-0.1, -0.05) is 30.3 Å². The van der Waals surface area contributed by atoms with E-state index in [2.05, 4.69) is 5.32 Å². The van der Waals surface area contributed by atoms with Crippen molar-refractivity contribution < 1.29 is 22.0 Å². The number of hydrogen-bond donors (Lipinski definition) is 1. The lowest BCUT2D eigenvalue weighted by molar-refractivity contribution is -0.114. The molecular weight excluding hydrogens is 398 g/mol. The van der Waals surface area contributed by atoms with Crippen molar-refractivity contribution in [2.24, 2.45) is 0 Å². The van der Waals surface area contributed by atoms with Gasteiger partial charge in [0.15, 0.2) is 11.6 Å². The molecule has 0 heterocycles. The molecule has 29 heavy (non-hydrogen) atoms. The Morgan fingerprint density at radius 2 is 1.66 bits per heavy atom. The minimum atomic E-state index is -4.04. The normalized spacial score (nSPS) is 11.1. The number of aryl methyl sites for hydroxylation is 1. The summed E-state index contributed by atoms with van der Waals surface area (Å²) in [6.07, 6.45) is 0. The molecule has 8 heteroatoms. The first-order valence-corrected chi connectivity index (χ1v) is 10.1. The number of halogens is 2. The van der Waals surface area contributed by atoms with Crippen molar-refractivity contribution in [1.29, 1.82) is 0 Å². The molecule has 5 nitrogen and oxygen atoms in total. The molecule has 0 aliphatic heterocycles. The third kappa shape index (κ3) is 4.78. The van der Waals surface area contributed by atoms with Gasteiger partial charge in [0.2, 0.25) is 5.91 Å². The third-order valence-corrected chi connectivity index (χ3v) is 5.88. The van der Waals surface area contributed by atoms with Gasteiger partial charge in [-0.15, -0.1) is 0 Å². The smallest absolute Gasteiger partial charge is 0.264 e. The molecule has 0 radical (unpaired) electrons. The zero-order valence-corrected chi connectivity index (χ0v) is 16.3. The van der Waals surface area contributed by atoms with Crippen molar-refractivity contribution in [2.45, 2.75) is 11.8 Å². The SMILES string of the molecule is Cc1cccc(S(=O)(=O)N(CC(=O)Nc2ccc(F)c(F)c2)c2ccccc2)c1. The molecule has 0 atom stereocenters. The van der Waals surface area contributed by atoms with E-state index in [1.807, 2.05) is 0 Å². The summed E-state index contributed by atoms with van der Waals surface area (Å²) >= 11 is 0. The van der Waals surface area contributed by atoms with Crippen LogP contribution in [0.4, 0.5) is 20.2 Å². The molecule has 0 saturated heterocycles. The van der Waals surface area contributed by atoms with Crippen LogP contribution in [-0.4, -0.2) is 20.9 Å². The van der Waals surface area contributed by atoms with Crippen LogP contribution in [0, 0.1) is 18.6 Å². The maximum absolute atomic E-state index is 13.4. The average molecular weight is 416 g/mol. The number of nitrogens with one attached hydrogen (secondary N) is 1. The van der Waals surface area contributed by atoms with Crippen molar-refractivity contribution in [3.05, 3.63) is 90.0 Å². The lowest BCUT2D eigenvalue weighted by atomic mass is 10.2. The van der Waals surface area contributed by atoms with Crippen LogP contribution in [0.15, 0.2) is 77.7 Å². The van der Waals surface area contributed by atoms with E-state index < -0.39 is 34.1 Å². The van der Waals surface area contributed by atoms with Gasteiger partial charge in [-0.3, -0.25) is 9.10 Å². The highest BCUT2D eigenvalue weighted by molar-refractivity contribution is 7.92. The Hall–Kier alpha value is -3.26. The number of hydrogen-bond acceptors (Lipinski definition) is 3. The number of anilines is 2. The fourth-order valence-corrected chi connectivity index (χ4v) is 4.24. The average Bonchev–Trinajstić information content (AvgIpc) is 2.69. The van der Waals surface area contributed by atoms with Gasteiger partial charge in [0.1, 0.15) is 6.54 Å². The summed E-state index contributed by atoms with van der Waals surface area (Å²) in [6, 6.07) is 17.4. The molecule has 150 valence electrons. The Balaban J connectivity index is 1.92. The number of rotatable bonds is 6. The van der Waals surface area contributed by atoms with Gasteiger partial charge >= 0.3 is 0 Å². The summed E-state index contributed by atoms with van der Waals surface area (Å²) in [4.78, 5) is 12.5. The fourth-order valence-electron chi connectivity index (χ4n) is 2.72. The van der Waals surface area contributed by atoms with E-state index in [1.54, 1.807) is 49.4 Å². The molecule has 1 amide bonds. The Morgan fingerprint density at radius 1 is 0.931 bits per heavy atom. The number of amides is 1. The number of carbonyl (C=O) groups excluding carboxylic acids is 1. The van der Waals surface area contributed by atoms with Crippen molar-refractivity contribution >= 4 is 27.3 Å². The van der Waals surface area contributed by atoms with Crippen LogP contribution < -0.4 is 9.62 Å². The first-order valence-electron chi connectivity index (χ1n) is 8.67. The molecule has 0 aromatic heterocycles. The number of para-hydroxylation sites is 1. The van der Waals surface area contributed by atoms with Crippen LogP contribution in [0.5, 0.6) is 0 Å². The summed E-state index contributed by atoms with van der Waals surface area (Å²) in [5, 5.41) is 2.39. The topological polar surface area (TPSA) is 66.5 Å². The van der Waals surface area contributed by atoms with Gasteiger partial charge in [0.25, 0.3) is 10.0 Å². The lowest BCUT2D eigenvalue weighted by Gasteiger charge is -2.24. The summed E-state index contributed by atoms with van der Waals surface area (Å²) in [7, 11) is -4.04. The molecule has 0 aliphatic carbocycles. The van der Waals surface area contributed by atoms with Crippen molar-refractivity contribution in [1.82, 2.24) is 0 Å². The molecule has 0 bridgehead atoms. The molecule has 3 aromatic carbocycles. The first-order chi connectivity index (χ1) is 13.8. The Bertz CT molecular complexity index is 1140. The molecular formula is C21H18F2N2O3S. The zero-order valence-electron chi connectivity index (χ0n) is 15.5. The Labute approximate surface area is 167 Å².